The molecule has 0 saturated carbocycles. The second-order valence-electron chi connectivity index (χ2n) is 12.9. The van der Waals surface area contributed by atoms with Crippen molar-refractivity contribution in [1.82, 2.24) is 4.57 Å². The summed E-state index contributed by atoms with van der Waals surface area (Å²) in [4.78, 5) is 2.37. The van der Waals surface area contributed by atoms with Gasteiger partial charge in [-0.25, -0.2) is 0 Å². The minimum Gasteiger partial charge on any atom is -0.456 e. The smallest absolute Gasteiger partial charge is 0.160 e. The molecule has 0 aliphatic rings. The van der Waals surface area contributed by atoms with E-state index >= 15 is 0 Å². The standard InChI is InChI=1S/C46H28N2O2/c1-2-14-30(15-3-1)48-38-21-9-6-17-33(38)36-20-12-22-39(45(36)48)47(31-25-26-35-34-18-7-10-23-41(34)49-43(35)28-31)40-27-29-13-4-5-16-32(29)44-37-19-8-11-24-42(37)50-46(40)44/h1-28H. The van der Waals surface area contributed by atoms with Crippen molar-refractivity contribution in [2.45, 2.75) is 0 Å². The summed E-state index contributed by atoms with van der Waals surface area (Å²) in [6.07, 6.45) is 0. The fraction of sp³-hybridized carbons (Fsp3) is 0. The van der Waals surface area contributed by atoms with Gasteiger partial charge in [-0.05, 0) is 65.4 Å². The number of nitrogens with zero attached hydrogens (tertiary/aromatic N) is 2. The van der Waals surface area contributed by atoms with Crippen LogP contribution in [0.5, 0.6) is 0 Å². The zero-order valence-electron chi connectivity index (χ0n) is 26.9. The van der Waals surface area contributed by atoms with Crippen molar-refractivity contribution in [3.8, 4) is 5.69 Å². The number of rotatable bonds is 4. The molecular weight excluding hydrogens is 613 g/mol. The number of hydrogen-bond donors (Lipinski definition) is 0. The van der Waals surface area contributed by atoms with E-state index in [0.29, 0.717) is 0 Å². The van der Waals surface area contributed by atoms with E-state index in [1.54, 1.807) is 0 Å². The van der Waals surface area contributed by atoms with Crippen LogP contribution in [0.15, 0.2) is 179 Å². The van der Waals surface area contributed by atoms with E-state index in [1.165, 1.54) is 16.2 Å². The molecule has 3 heterocycles. The molecule has 0 aliphatic carbocycles. The maximum Gasteiger partial charge on any atom is 0.160 e. The van der Waals surface area contributed by atoms with Gasteiger partial charge in [0, 0.05) is 44.1 Å². The van der Waals surface area contributed by atoms with Gasteiger partial charge in [-0.2, -0.15) is 0 Å². The van der Waals surface area contributed by atoms with Gasteiger partial charge < -0.3 is 18.3 Å². The van der Waals surface area contributed by atoms with Gasteiger partial charge in [0.25, 0.3) is 0 Å². The lowest BCUT2D eigenvalue weighted by Crippen LogP contribution is -2.12. The normalized spacial score (nSPS) is 12.0. The highest BCUT2D eigenvalue weighted by Crippen LogP contribution is 2.49. The third-order valence-corrected chi connectivity index (χ3v) is 10.1. The fourth-order valence-corrected chi connectivity index (χ4v) is 8.01. The van der Waals surface area contributed by atoms with Gasteiger partial charge in [0.05, 0.1) is 28.1 Å². The molecule has 0 amide bonds. The molecule has 0 spiro atoms. The van der Waals surface area contributed by atoms with Gasteiger partial charge in [-0.3, -0.25) is 0 Å². The lowest BCUT2D eigenvalue weighted by atomic mass is 10.0. The van der Waals surface area contributed by atoms with Crippen molar-refractivity contribution in [1.29, 1.82) is 0 Å². The molecule has 8 aromatic carbocycles. The van der Waals surface area contributed by atoms with Crippen LogP contribution in [0.4, 0.5) is 17.1 Å². The topological polar surface area (TPSA) is 34.5 Å². The Kier molecular flexibility index (Phi) is 5.63. The van der Waals surface area contributed by atoms with Crippen LogP contribution in [0.2, 0.25) is 0 Å². The highest BCUT2D eigenvalue weighted by Gasteiger charge is 2.26. The number of hydrogen-bond acceptors (Lipinski definition) is 3. The molecule has 0 atom stereocenters. The number of aromatic nitrogens is 1. The van der Waals surface area contributed by atoms with Crippen LogP contribution in [-0.2, 0) is 0 Å². The van der Waals surface area contributed by atoms with E-state index in [9.17, 15) is 0 Å². The third kappa shape index (κ3) is 3.81. The molecule has 3 aromatic heterocycles. The number of benzene rings is 8. The first kappa shape index (κ1) is 27.2. The summed E-state index contributed by atoms with van der Waals surface area (Å²) in [7, 11) is 0. The predicted octanol–water partition coefficient (Wildman–Crippen LogP) is 13.2. The molecule has 0 saturated heterocycles. The van der Waals surface area contributed by atoms with E-state index in [-0.39, 0.29) is 0 Å². The molecule has 11 rings (SSSR count). The molecule has 0 fully saturated rings. The van der Waals surface area contributed by atoms with Crippen LogP contribution in [0, 0.1) is 0 Å². The van der Waals surface area contributed by atoms with Crippen LogP contribution in [-0.4, -0.2) is 4.57 Å². The highest BCUT2D eigenvalue weighted by atomic mass is 16.3. The van der Waals surface area contributed by atoms with Gasteiger partial charge in [0.15, 0.2) is 5.58 Å². The Bertz CT molecular complexity index is 3110. The first-order valence-electron chi connectivity index (χ1n) is 16.9. The summed E-state index contributed by atoms with van der Waals surface area (Å²) in [5.74, 6) is 0. The zero-order chi connectivity index (χ0) is 32.8. The van der Waals surface area contributed by atoms with E-state index in [1.807, 2.05) is 18.2 Å². The van der Waals surface area contributed by atoms with E-state index in [2.05, 4.69) is 161 Å². The van der Waals surface area contributed by atoms with Gasteiger partial charge in [-0.15, -0.1) is 0 Å². The Morgan fingerprint density at radius 2 is 1.08 bits per heavy atom. The summed E-state index contributed by atoms with van der Waals surface area (Å²) in [6, 6.07) is 60.0. The summed E-state index contributed by atoms with van der Waals surface area (Å²) in [5.41, 5.74) is 9.77. The molecule has 0 N–H and O–H groups in total. The first-order valence-corrected chi connectivity index (χ1v) is 16.9. The minimum absolute atomic E-state index is 0.839. The summed E-state index contributed by atoms with van der Waals surface area (Å²) in [6.45, 7) is 0. The average Bonchev–Trinajstić information content (AvgIpc) is 3.85. The summed E-state index contributed by atoms with van der Waals surface area (Å²) < 4.78 is 15.8. The quantitative estimate of drug-likeness (QED) is 0.192. The molecule has 50 heavy (non-hydrogen) atoms. The summed E-state index contributed by atoms with van der Waals surface area (Å²) >= 11 is 0. The Morgan fingerprint density at radius 3 is 1.94 bits per heavy atom. The monoisotopic (exact) mass is 640 g/mol. The van der Waals surface area contributed by atoms with Gasteiger partial charge >= 0.3 is 0 Å². The average molecular weight is 641 g/mol. The van der Waals surface area contributed by atoms with Crippen LogP contribution in [0.25, 0.3) is 82.1 Å². The zero-order valence-corrected chi connectivity index (χ0v) is 26.9. The van der Waals surface area contributed by atoms with Crippen LogP contribution < -0.4 is 4.90 Å². The van der Waals surface area contributed by atoms with Crippen LogP contribution in [0.3, 0.4) is 0 Å². The summed E-state index contributed by atoms with van der Waals surface area (Å²) in [5, 5.41) is 9.11. The Morgan fingerprint density at radius 1 is 0.420 bits per heavy atom. The largest absolute Gasteiger partial charge is 0.456 e. The van der Waals surface area contributed by atoms with Crippen molar-refractivity contribution < 1.29 is 8.83 Å². The first-order chi connectivity index (χ1) is 24.8. The fourth-order valence-electron chi connectivity index (χ4n) is 8.01. The number of para-hydroxylation sites is 5. The van der Waals surface area contributed by atoms with E-state index in [0.717, 1.165) is 83.0 Å². The lowest BCUT2D eigenvalue weighted by Gasteiger charge is -2.27. The van der Waals surface area contributed by atoms with Crippen molar-refractivity contribution in [3.63, 3.8) is 0 Å². The number of anilines is 3. The maximum atomic E-state index is 6.87. The molecule has 4 nitrogen and oxygen atoms in total. The molecule has 0 aliphatic heterocycles. The predicted molar refractivity (Wildman–Crippen MR) is 208 cm³/mol. The molecule has 11 aromatic rings. The third-order valence-electron chi connectivity index (χ3n) is 10.1. The molecule has 0 radical (unpaired) electrons. The van der Waals surface area contributed by atoms with Crippen molar-refractivity contribution in [2.24, 2.45) is 0 Å². The second-order valence-corrected chi connectivity index (χ2v) is 12.9. The number of fused-ring (bicyclic) bond motifs is 11. The molecule has 0 unspecified atom stereocenters. The number of furan rings is 2. The highest BCUT2D eigenvalue weighted by molar-refractivity contribution is 6.24. The lowest BCUT2D eigenvalue weighted by molar-refractivity contribution is 0.667. The van der Waals surface area contributed by atoms with Crippen LogP contribution >= 0.6 is 0 Å². The Balaban J connectivity index is 1.31. The van der Waals surface area contributed by atoms with Gasteiger partial charge in [0.2, 0.25) is 0 Å². The van der Waals surface area contributed by atoms with E-state index < -0.39 is 0 Å². The van der Waals surface area contributed by atoms with Crippen LogP contribution in [0.1, 0.15) is 0 Å². The van der Waals surface area contributed by atoms with Gasteiger partial charge in [0.1, 0.15) is 16.7 Å². The SMILES string of the molecule is c1ccc(-n2c3ccccc3c3cccc(N(c4ccc5c(c4)oc4ccccc45)c4cc5ccccc5c5c4oc4ccccc45)c32)cc1. The molecular formula is C46H28N2O2. The van der Waals surface area contributed by atoms with Crippen molar-refractivity contribution in [2.75, 3.05) is 4.90 Å². The van der Waals surface area contributed by atoms with Crippen molar-refractivity contribution in [3.05, 3.63) is 170 Å². The molecule has 4 heteroatoms. The Hall–Kier alpha value is -6.78. The minimum atomic E-state index is 0.839. The van der Waals surface area contributed by atoms with Gasteiger partial charge in [-0.1, -0.05) is 109 Å². The van der Waals surface area contributed by atoms with E-state index in [4.69, 9.17) is 8.83 Å². The molecule has 0 bridgehead atoms. The molecule has 234 valence electrons. The van der Waals surface area contributed by atoms with Crippen molar-refractivity contribution >= 4 is 93.5 Å². The Labute approximate surface area is 286 Å². The maximum absolute atomic E-state index is 6.87. The second kappa shape index (κ2) is 10.4.